The van der Waals surface area contributed by atoms with E-state index in [9.17, 15) is 13.2 Å². The number of hydrogen-bond acceptors (Lipinski definition) is 5. The summed E-state index contributed by atoms with van der Waals surface area (Å²) in [7, 11) is 0.855. The van der Waals surface area contributed by atoms with Gasteiger partial charge in [-0.15, -0.1) is 0 Å². The van der Waals surface area contributed by atoms with Crippen LogP contribution in [0.3, 0.4) is 0 Å². The van der Waals surface area contributed by atoms with Crippen molar-refractivity contribution in [1.29, 1.82) is 0 Å². The van der Waals surface area contributed by atoms with E-state index in [1.807, 2.05) is 0 Å². The van der Waals surface area contributed by atoms with Crippen molar-refractivity contribution >= 4 is 27.6 Å². The molecular weight excluding hydrogens is 366 g/mol. The Hall–Kier alpha value is -2.09. The van der Waals surface area contributed by atoms with Gasteiger partial charge in [-0.25, -0.2) is 17.5 Å². The number of halogens is 1. The van der Waals surface area contributed by atoms with E-state index in [-0.39, 0.29) is 17.1 Å². The summed E-state index contributed by atoms with van der Waals surface area (Å²) in [5.41, 5.74) is 0.883. The van der Waals surface area contributed by atoms with Crippen LogP contribution in [0, 0.1) is 0 Å². The fourth-order valence-electron chi connectivity index (χ4n) is 2.06. The number of methoxy groups -OCH3 is 1. The van der Waals surface area contributed by atoms with Gasteiger partial charge in [-0.05, 0) is 42.5 Å². The smallest absolute Gasteiger partial charge is 0.338 e. The Morgan fingerprint density at radius 3 is 2.32 bits per heavy atom. The van der Waals surface area contributed by atoms with Crippen LogP contribution in [0.15, 0.2) is 47.4 Å². The van der Waals surface area contributed by atoms with Crippen LogP contribution >= 0.6 is 11.6 Å². The number of hydrogen-bond donors (Lipinski definition) is 0. The molecule has 0 unspecified atom stereocenters. The summed E-state index contributed by atoms with van der Waals surface area (Å²) < 4.78 is 35.6. The summed E-state index contributed by atoms with van der Waals surface area (Å²) >= 11 is 5.93. The van der Waals surface area contributed by atoms with Gasteiger partial charge >= 0.3 is 5.97 Å². The normalized spacial score (nSPS) is 11.4. The molecule has 0 bridgehead atoms. The van der Waals surface area contributed by atoms with Crippen LogP contribution in [0.4, 0.5) is 0 Å². The van der Waals surface area contributed by atoms with E-state index < -0.39 is 16.0 Å². The average Bonchev–Trinajstić information content (AvgIpc) is 2.59. The number of carbonyl (C=O) groups is 1. The van der Waals surface area contributed by atoms with Gasteiger partial charge in [-0.1, -0.05) is 11.6 Å². The minimum Gasteiger partial charge on any atom is -0.496 e. The molecule has 6 nitrogen and oxygen atoms in total. The van der Waals surface area contributed by atoms with Crippen LogP contribution in [0.2, 0.25) is 5.02 Å². The first-order valence-corrected chi connectivity index (χ1v) is 9.09. The third-order valence-electron chi connectivity index (χ3n) is 3.47. The van der Waals surface area contributed by atoms with Crippen LogP contribution in [0.25, 0.3) is 0 Å². The van der Waals surface area contributed by atoms with Crippen LogP contribution < -0.4 is 4.74 Å². The Kier molecular flexibility index (Phi) is 6.05. The average molecular weight is 384 g/mol. The molecule has 0 amide bonds. The van der Waals surface area contributed by atoms with Gasteiger partial charge in [0.25, 0.3) is 0 Å². The molecule has 2 aromatic rings. The molecule has 0 aliphatic carbocycles. The van der Waals surface area contributed by atoms with Gasteiger partial charge in [0.1, 0.15) is 12.4 Å². The minimum atomic E-state index is -3.54. The number of ether oxygens (including phenoxy) is 2. The predicted molar refractivity (Wildman–Crippen MR) is 94.4 cm³/mol. The molecule has 0 fully saturated rings. The van der Waals surface area contributed by atoms with Crippen molar-refractivity contribution in [3.05, 3.63) is 58.6 Å². The molecular formula is C17H18ClNO5S. The highest BCUT2D eigenvalue weighted by molar-refractivity contribution is 7.89. The van der Waals surface area contributed by atoms with E-state index >= 15 is 0 Å². The van der Waals surface area contributed by atoms with E-state index in [1.165, 1.54) is 45.5 Å². The quantitative estimate of drug-likeness (QED) is 0.717. The number of esters is 1. The molecule has 0 aliphatic heterocycles. The van der Waals surface area contributed by atoms with Crippen molar-refractivity contribution in [3.8, 4) is 5.75 Å². The first-order chi connectivity index (χ1) is 11.8. The van der Waals surface area contributed by atoms with Crippen LogP contribution in [0.1, 0.15) is 15.9 Å². The van der Waals surface area contributed by atoms with Gasteiger partial charge in [-0.3, -0.25) is 0 Å². The van der Waals surface area contributed by atoms with Gasteiger partial charge in [-0.2, -0.15) is 0 Å². The number of rotatable bonds is 6. The summed E-state index contributed by atoms with van der Waals surface area (Å²) in [4.78, 5) is 12.2. The second-order valence-electron chi connectivity index (χ2n) is 5.34. The molecule has 0 spiro atoms. The largest absolute Gasteiger partial charge is 0.496 e. The molecule has 0 saturated carbocycles. The minimum absolute atomic E-state index is 0.0136. The van der Waals surface area contributed by atoms with E-state index in [0.717, 1.165) is 4.31 Å². The Morgan fingerprint density at radius 1 is 1.12 bits per heavy atom. The van der Waals surface area contributed by atoms with Crippen molar-refractivity contribution in [1.82, 2.24) is 4.31 Å². The van der Waals surface area contributed by atoms with Gasteiger partial charge in [0, 0.05) is 24.7 Å². The zero-order chi connectivity index (χ0) is 18.6. The Balaban J connectivity index is 2.11. The van der Waals surface area contributed by atoms with Crippen LogP contribution in [0.5, 0.6) is 5.75 Å². The van der Waals surface area contributed by atoms with Crippen molar-refractivity contribution in [2.24, 2.45) is 0 Å². The molecule has 25 heavy (non-hydrogen) atoms. The van der Waals surface area contributed by atoms with Crippen LogP contribution in [-0.2, 0) is 21.4 Å². The highest BCUT2D eigenvalue weighted by Gasteiger charge is 2.18. The second kappa shape index (κ2) is 7.86. The number of sulfonamides is 1. The van der Waals surface area contributed by atoms with Crippen LogP contribution in [-0.4, -0.2) is 39.9 Å². The summed E-state index contributed by atoms with van der Waals surface area (Å²) in [6.07, 6.45) is 0. The Labute approximate surface area is 152 Å². The molecule has 0 N–H and O–H groups in total. The lowest BCUT2D eigenvalue weighted by Crippen LogP contribution is -2.22. The highest BCUT2D eigenvalue weighted by atomic mass is 35.5. The summed E-state index contributed by atoms with van der Waals surface area (Å²) in [5.74, 6) is -0.0135. The molecule has 0 heterocycles. The van der Waals surface area contributed by atoms with E-state index in [0.29, 0.717) is 16.3 Å². The Bertz CT molecular complexity index is 863. The number of benzene rings is 2. The topological polar surface area (TPSA) is 72.9 Å². The van der Waals surface area contributed by atoms with Crippen molar-refractivity contribution in [2.75, 3.05) is 21.2 Å². The van der Waals surface area contributed by atoms with Gasteiger partial charge in [0.2, 0.25) is 10.0 Å². The standard InChI is InChI=1S/C17H18ClNO5S/c1-19(2)25(21,22)15-7-4-12(5-8-15)17(20)24-11-13-10-14(18)6-9-16(13)23-3/h4-10H,11H2,1-3H3. The SMILES string of the molecule is COc1ccc(Cl)cc1COC(=O)c1ccc(S(=O)(=O)N(C)C)cc1. The fraction of sp³-hybridized carbons (Fsp3) is 0.235. The lowest BCUT2D eigenvalue weighted by molar-refractivity contribution is 0.0470. The van der Waals surface area contributed by atoms with E-state index in [4.69, 9.17) is 21.1 Å². The maximum atomic E-state index is 12.1. The second-order valence-corrected chi connectivity index (χ2v) is 7.93. The monoisotopic (exact) mass is 383 g/mol. The first kappa shape index (κ1) is 19.2. The highest BCUT2D eigenvalue weighted by Crippen LogP contribution is 2.24. The third kappa shape index (κ3) is 4.50. The molecule has 0 atom stereocenters. The molecule has 0 radical (unpaired) electrons. The number of carbonyl (C=O) groups excluding carboxylic acids is 1. The molecule has 134 valence electrons. The van der Waals surface area contributed by atoms with Gasteiger partial charge < -0.3 is 9.47 Å². The first-order valence-electron chi connectivity index (χ1n) is 7.28. The maximum Gasteiger partial charge on any atom is 0.338 e. The zero-order valence-electron chi connectivity index (χ0n) is 14.0. The molecule has 2 rings (SSSR count). The predicted octanol–water partition coefficient (Wildman–Crippen LogP) is 2.96. The summed E-state index contributed by atoms with van der Waals surface area (Å²) in [6, 6.07) is 10.6. The number of nitrogens with zero attached hydrogens (tertiary/aromatic N) is 1. The maximum absolute atomic E-state index is 12.1. The lowest BCUT2D eigenvalue weighted by atomic mass is 10.2. The third-order valence-corrected chi connectivity index (χ3v) is 5.53. The molecule has 0 aromatic heterocycles. The summed E-state index contributed by atoms with van der Waals surface area (Å²) in [6.45, 7) is -0.0136. The van der Waals surface area contributed by atoms with Crippen molar-refractivity contribution in [2.45, 2.75) is 11.5 Å². The van der Waals surface area contributed by atoms with Crippen molar-refractivity contribution < 1.29 is 22.7 Å². The molecule has 8 heteroatoms. The van der Waals surface area contributed by atoms with E-state index in [2.05, 4.69) is 0 Å². The zero-order valence-corrected chi connectivity index (χ0v) is 15.6. The fourth-order valence-corrected chi connectivity index (χ4v) is 3.16. The van der Waals surface area contributed by atoms with Gasteiger partial charge in [0.15, 0.2) is 0 Å². The molecule has 0 aliphatic rings. The van der Waals surface area contributed by atoms with Gasteiger partial charge in [0.05, 0.1) is 17.6 Å². The van der Waals surface area contributed by atoms with Crippen molar-refractivity contribution in [3.63, 3.8) is 0 Å². The summed E-state index contributed by atoms with van der Waals surface area (Å²) in [5, 5.41) is 0.505. The molecule has 0 saturated heterocycles. The molecule has 2 aromatic carbocycles. The lowest BCUT2D eigenvalue weighted by Gasteiger charge is -2.12. The Morgan fingerprint density at radius 2 is 1.76 bits per heavy atom. The van der Waals surface area contributed by atoms with E-state index in [1.54, 1.807) is 18.2 Å².